The van der Waals surface area contributed by atoms with Gasteiger partial charge in [0.1, 0.15) is 0 Å². The van der Waals surface area contributed by atoms with E-state index >= 15 is 0 Å². The first-order valence-electron chi connectivity index (χ1n) is 7.62. The maximum absolute atomic E-state index is 4.59. The average Bonchev–Trinajstić information content (AvgIpc) is 2.93. The molecule has 1 aliphatic rings. The Labute approximate surface area is 121 Å². The molecule has 3 nitrogen and oxygen atoms in total. The van der Waals surface area contributed by atoms with Gasteiger partial charge in [-0.25, -0.2) is 4.98 Å². The molecule has 4 heteroatoms. The fourth-order valence-electron chi connectivity index (χ4n) is 2.89. The van der Waals surface area contributed by atoms with E-state index in [0.29, 0.717) is 6.04 Å². The summed E-state index contributed by atoms with van der Waals surface area (Å²) in [7, 11) is 2.22. The van der Waals surface area contributed by atoms with Crippen LogP contribution in [0.25, 0.3) is 0 Å². The number of aromatic nitrogens is 1. The van der Waals surface area contributed by atoms with Crippen molar-refractivity contribution >= 4 is 16.5 Å². The van der Waals surface area contributed by atoms with Crippen LogP contribution in [0.15, 0.2) is 6.20 Å². The summed E-state index contributed by atoms with van der Waals surface area (Å²) in [6.45, 7) is 6.43. The zero-order valence-electron chi connectivity index (χ0n) is 12.5. The van der Waals surface area contributed by atoms with Gasteiger partial charge >= 0.3 is 0 Å². The number of thiazole rings is 1. The van der Waals surface area contributed by atoms with Gasteiger partial charge in [-0.1, -0.05) is 20.3 Å². The maximum Gasteiger partial charge on any atom is 0.185 e. The summed E-state index contributed by atoms with van der Waals surface area (Å²) in [5.74, 6) is 0.963. The van der Waals surface area contributed by atoms with Gasteiger partial charge < -0.3 is 10.2 Å². The van der Waals surface area contributed by atoms with Crippen LogP contribution in [-0.4, -0.2) is 24.6 Å². The molecular formula is C15H27N3S. The van der Waals surface area contributed by atoms with Gasteiger partial charge in [-0.3, -0.25) is 0 Å². The van der Waals surface area contributed by atoms with Crippen LogP contribution in [0, 0.1) is 5.92 Å². The normalized spacial score (nSPS) is 23.5. The van der Waals surface area contributed by atoms with Gasteiger partial charge in [-0.2, -0.15) is 0 Å². The minimum atomic E-state index is 0.695. The molecule has 0 aromatic carbocycles. The Balaban J connectivity index is 1.88. The molecular weight excluding hydrogens is 254 g/mol. The van der Waals surface area contributed by atoms with E-state index in [1.807, 2.05) is 17.5 Å². The highest BCUT2D eigenvalue weighted by Crippen LogP contribution is 2.32. The maximum atomic E-state index is 4.59. The van der Waals surface area contributed by atoms with Crippen molar-refractivity contribution < 1.29 is 0 Å². The second kappa shape index (κ2) is 7.25. The Bertz CT molecular complexity index is 369. The summed E-state index contributed by atoms with van der Waals surface area (Å²) in [4.78, 5) is 8.34. The zero-order valence-corrected chi connectivity index (χ0v) is 13.3. The van der Waals surface area contributed by atoms with Crippen LogP contribution < -0.4 is 10.2 Å². The third-order valence-electron chi connectivity index (χ3n) is 4.33. The van der Waals surface area contributed by atoms with Crippen LogP contribution in [0.5, 0.6) is 0 Å². The first-order valence-corrected chi connectivity index (χ1v) is 8.44. The lowest BCUT2D eigenvalue weighted by Gasteiger charge is -2.34. The Hall–Kier alpha value is -0.610. The van der Waals surface area contributed by atoms with Crippen LogP contribution in [0.2, 0.25) is 0 Å². The molecule has 0 amide bonds. The molecule has 1 aromatic heterocycles. The Morgan fingerprint density at radius 3 is 2.68 bits per heavy atom. The smallest absolute Gasteiger partial charge is 0.185 e. The second-order valence-corrected chi connectivity index (χ2v) is 6.68. The lowest BCUT2D eigenvalue weighted by Crippen LogP contribution is -2.35. The second-order valence-electron chi connectivity index (χ2n) is 5.58. The summed E-state index contributed by atoms with van der Waals surface area (Å²) >= 11 is 1.83. The lowest BCUT2D eigenvalue weighted by atomic mass is 9.84. The first kappa shape index (κ1) is 14.8. The van der Waals surface area contributed by atoms with Gasteiger partial charge in [-0.15, -0.1) is 11.3 Å². The van der Waals surface area contributed by atoms with Gasteiger partial charge in [0.15, 0.2) is 5.13 Å². The monoisotopic (exact) mass is 281 g/mol. The standard InChI is InChI=1S/C15H27N3S/c1-4-12-6-8-13(9-7-12)18(3)15-17-11-14(19-15)10-16-5-2/h11-13,16H,4-10H2,1-3H3. The molecule has 0 aliphatic heterocycles. The highest BCUT2D eigenvalue weighted by molar-refractivity contribution is 7.15. The molecule has 1 N–H and O–H groups in total. The van der Waals surface area contributed by atoms with Crippen LogP contribution in [0.4, 0.5) is 5.13 Å². The Morgan fingerprint density at radius 2 is 2.05 bits per heavy atom. The Kier molecular flexibility index (Phi) is 5.64. The van der Waals surface area contributed by atoms with E-state index in [4.69, 9.17) is 0 Å². The van der Waals surface area contributed by atoms with Crippen molar-refractivity contribution in [3.05, 3.63) is 11.1 Å². The van der Waals surface area contributed by atoms with E-state index in [-0.39, 0.29) is 0 Å². The number of hydrogen-bond acceptors (Lipinski definition) is 4. The van der Waals surface area contributed by atoms with Gasteiger partial charge in [-0.05, 0) is 38.1 Å². The fourth-order valence-corrected chi connectivity index (χ4v) is 3.80. The van der Waals surface area contributed by atoms with Crippen molar-refractivity contribution in [2.75, 3.05) is 18.5 Å². The molecule has 0 unspecified atom stereocenters. The quantitative estimate of drug-likeness (QED) is 0.862. The average molecular weight is 281 g/mol. The number of hydrogen-bond donors (Lipinski definition) is 1. The van der Waals surface area contributed by atoms with Gasteiger partial charge in [0.2, 0.25) is 0 Å². The van der Waals surface area contributed by atoms with Crippen molar-refractivity contribution in [3.8, 4) is 0 Å². The highest BCUT2D eigenvalue weighted by Gasteiger charge is 2.24. The van der Waals surface area contributed by atoms with Crippen LogP contribution in [-0.2, 0) is 6.54 Å². The van der Waals surface area contributed by atoms with Crippen LogP contribution >= 0.6 is 11.3 Å². The van der Waals surface area contributed by atoms with Gasteiger partial charge in [0.05, 0.1) is 0 Å². The molecule has 1 heterocycles. The molecule has 2 rings (SSSR count). The molecule has 1 aromatic rings. The van der Waals surface area contributed by atoms with E-state index in [1.54, 1.807) is 0 Å². The minimum Gasteiger partial charge on any atom is -0.348 e. The Morgan fingerprint density at radius 1 is 1.32 bits per heavy atom. The van der Waals surface area contributed by atoms with Crippen molar-refractivity contribution in [1.29, 1.82) is 0 Å². The summed E-state index contributed by atoms with van der Waals surface area (Å²) in [5.41, 5.74) is 0. The molecule has 1 aliphatic carbocycles. The third-order valence-corrected chi connectivity index (χ3v) is 5.42. The molecule has 0 saturated heterocycles. The largest absolute Gasteiger partial charge is 0.348 e. The van der Waals surface area contributed by atoms with E-state index in [1.165, 1.54) is 42.1 Å². The summed E-state index contributed by atoms with van der Waals surface area (Å²) in [6, 6.07) is 0.695. The van der Waals surface area contributed by atoms with E-state index in [2.05, 4.69) is 36.1 Å². The number of nitrogens with zero attached hydrogens (tertiary/aromatic N) is 2. The fraction of sp³-hybridized carbons (Fsp3) is 0.800. The number of nitrogens with one attached hydrogen (secondary N) is 1. The SMILES string of the molecule is CCNCc1cnc(N(C)C2CCC(CC)CC2)s1. The molecule has 19 heavy (non-hydrogen) atoms. The molecule has 0 atom stereocenters. The predicted molar refractivity (Wildman–Crippen MR) is 83.9 cm³/mol. The molecule has 108 valence electrons. The molecule has 0 radical (unpaired) electrons. The summed E-state index contributed by atoms with van der Waals surface area (Å²) in [5, 5.41) is 4.55. The topological polar surface area (TPSA) is 28.2 Å². The first-order chi connectivity index (χ1) is 9.24. The number of anilines is 1. The van der Waals surface area contributed by atoms with Crippen molar-refractivity contribution in [3.63, 3.8) is 0 Å². The molecule has 1 fully saturated rings. The van der Waals surface area contributed by atoms with Crippen LogP contribution in [0.3, 0.4) is 0 Å². The molecule has 0 bridgehead atoms. The van der Waals surface area contributed by atoms with Crippen molar-refractivity contribution in [2.24, 2.45) is 5.92 Å². The summed E-state index contributed by atoms with van der Waals surface area (Å²) in [6.07, 6.45) is 8.81. The van der Waals surface area contributed by atoms with Gasteiger partial charge in [0, 0.05) is 30.7 Å². The van der Waals surface area contributed by atoms with Gasteiger partial charge in [0.25, 0.3) is 0 Å². The third kappa shape index (κ3) is 3.93. The van der Waals surface area contributed by atoms with E-state index in [0.717, 1.165) is 19.0 Å². The molecule has 1 saturated carbocycles. The van der Waals surface area contributed by atoms with Crippen molar-refractivity contribution in [2.45, 2.75) is 58.5 Å². The van der Waals surface area contributed by atoms with Crippen molar-refractivity contribution in [1.82, 2.24) is 10.3 Å². The summed E-state index contributed by atoms with van der Waals surface area (Å²) < 4.78 is 0. The predicted octanol–water partition coefficient (Wildman–Crippen LogP) is 3.66. The lowest BCUT2D eigenvalue weighted by molar-refractivity contribution is 0.313. The zero-order chi connectivity index (χ0) is 13.7. The number of rotatable bonds is 6. The minimum absolute atomic E-state index is 0.695. The highest BCUT2D eigenvalue weighted by atomic mass is 32.1. The van der Waals surface area contributed by atoms with Crippen LogP contribution in [0.1, 0.15) is 50.8 Å². The van der Waals surface area contributed by atoms with E-state index < -0.39 is 0 Å². The molecule has 0 spiro atoms. The van der Waals surface area contributed by atoms with E-state index in [9.17, 15) is 0 Å².